The first-order chi connectivity index (χ1) is 9.04. The molecular weight excluding hydrogens is 360 g/mol. The molecule has 1 atom stereocenters. The molecule has 0 N–H and O–H groups in total. The van der Waals surface area contributed by atoms with Crippen LogP contribution in [0.3, 0.4) is 0 Å². The van der Waals surface area contributed by atoms with E-state index in [9.17, 15) is 30.7 Å². The Morgan fingerprint density at radius 1 is 0.950 bits per heavy atom. The summed E-state index contributed by atoms with van der Waals surface area (Å²) in [5.74, 6) is -11.5. The summed E-state index contributed by atoms with van der Waals surface area (Å²) < 4.78 is 93.4. The van der Waals surface area contributed by atoms with E-state index in [1.165, 1.54) is 24.3 Å². The van der Waals surface area contributed by atoms with Crippen LogP contribution in [0, 0.1) is 0 Å². The summed E-state index contributed by atoms with van der Waals surface area (Å²) in [4.78, 5) is 0. The Labute approximate surface area is 116 Å². The predicted molar refractivity (Wildman–Crippen MR) is 58.6 cm³/mol. The molecule has 9 heteroatoms. The van der Waals surface area contributed by atoms with E-state index in [2.05, 4.69) is 4.74 Å². The van der Waals surface area contributed by atoms with Gasteiger partial charge in [0.15, 0.2) is 0 Å². The molecule has 0 aliphatic carbocycles. The number of methoxy groups -OCH3 is 1. The van der Waals surface area contributed by atoms with Gasteiger partial charge in [0, 0.05) is 0 Å². The molecule has 0 bridgehead atoms. The SMILES string of the molecule is COC([Se]c1ccccc1)C(F)(F)C(F)(F)C(F)(F)F. The fourth-order valence-corrected chi connectivity index (χ4v) is 3.23. The summed E-state index contributed by atoms with van der Waals surface area (Å²) in [6.07, 6.45) is -6.35. The third-order valence-electron chi connectivity index (χ3n) is 2.27. The monoisotopic (exact) mass is 370 g/mol. The van der Waals surface area contributed by atoms with Crippen LogP contribution in [0.15, 0.2) is 30.3 Å². The van der Waals surface area contributed by atoms with Crippen LogP contribution in [0.4, 0.5) is 30.7 Å². The van der Waals surface area contributed by atoms with E-state index in [1.807, 2.05) is 0 Å². The summed E-state index contributed by atoms with van der Waals surface area (Å²) in [5, 5.41) is -2.53. The summed E-state index contributed by atoms with van der Waals surface area (Å²) in [6.45, 7) is 0. The zero-order valence-corrected chi connectivity index (χ0v) is 11.6. The van der Waals surface area contributed by atoms with Gasteiger partial charge in [0.1, 0.15) is 0 Å². The number of ether oxygens (including phenoxy) is 1. The van der Waals surface area contributed by atoms with Gasteiger partial charge in [-0.3, -0.25) is 0 Å². The minimum absolute atomic E-state index is 0.226. The topological polar surface area (TPSA) is 9.23 Å². The average Bonchev–Trinajstić information content (AvgIpc) is 2.35. The van der Waals surface area contributed by atoms with Crippen molar-refractivity contribution < 1.29 is 35.5 Å². The van der Waals surface area contributed by atoms with E-state index < -0.39 is 38.0 Å². The quantitative estimate of drug-likeness (QED) is 0.573. The number of hydrogen-bond acceptors (Lipinski definition) is 1. The van der Waals surface area contributed by atoms with Crippen molar-refractivity contribution in [3.05, 3.63) is 30.3 Å². The van der Waals surface area contributed by atoms with Crippen LogP contribution in [0.25, 0.3) is 0 Å². The standard InChI is InChI=1S/C11H9F7OSe/c1-19-8(20-7-5-3-2-4-6-7)9(12,13)10(14,15)11(16,17)18/h2-6,8H,1H3. The van der Waals surface area contributed by atoms with Gasteiger partial charge in [-0.25, -0.2) is 0 Å². The molecule has 1 nitrogen and oxygen atoms in total. The molecule has 1 aromatic carbocycles. The Hall–Kier alpha value is -0.791. The van der Waals surface area contributed by atoms with Gasteiger partial charge < -0.3 is 0 Å². The zero-order valence-electron chi connectivity index (χ0n) is 9.93. The van der Waals surface area contributed by atoms with Crippen molar-refractivity contribution in [3.8, 4) is 0 Å². The zero-order chi connectivity index (χ0) is 15.6. The number of hydrogen-bond donors (Lipinski definition) is 0. The summed E-state index contributed by atoms with van der Waals surface area (Å²) in [5.41, 5.74) is 0. The number of halogens is 7. The normalized spacial score (nSPS) is 15.2. The first-order valence-electron chi connectivity index (χ1n) is 5.11. The maximum atomic E-state index is 13.5. The van der Waals surface area contributed by atoms with E-state index in [0.29, 0.717) is 7.11 Å². The molecule has 0 heterocycles. The predicted octanol–water partition coefficient (Wildman–Crippen LogP) is 2.82. The summed E-state index contributed by atoms with van der Waals surface area (Å²) in [6, 6.07) is 7.19. The first kappa shape index (κ1) is 17.3. The second kappa shape index (κ2) is 5.91. The third-order valence-corrected chi connectivity index (χ3v) is 4.89. The van der Waals surface area contributed by atoms with Crippen LogP contribution < -0.4 is 4.46 Å². The number of benzene rings is 1. The molecule has 0 aliphatic rings. The Balaban J connectivity index is 3.04. The second-order valence-electron chi connectivity index (χ2n) is 3.69. The molecule has 0 aliphatic heterocycles. The van der Waals surface area contributed by atoms with Gasteiger partial charge in [0.2, 0.25) is 0 Å². The molecule has 0 spiro atoms. The molecule has 20 heavy (non-hydrogen) atoms. The molecule has 0 radical (unpaired) electrons. The van der Waals surface area contributed by atoms with Crippen molar-refractivity contribution in [1.29, 1.82) is 0 Å². The molecule has 114 valence electrons. The molecule has 0 aromatic heterocycles. The van der Waals surface area contributed by atoms with E-state index in [4.69, 9.17) is 0 Å². The van der Waals surface area contributed by atoms with Crippen LogP contribution >= 0.6 is 0 Å². The van der Waals surface area contributed by atoms with Crippen LogP contribution in [0.5, 0.6) is 0 Å². The minimum atomic E-state index is -6.35. The van der Waals surface area contributed by atoms with Crippen molar-refractivity contribution in [1.82, 2.24) is 0 Å². The van der Waals surface area contributed by atoms with Crippen molar-refractivity contribution in [2.24, 2.45) is 0 Å². The van der Waals surface area contributed by atoms with Crippen LogP contribution in [-0.2, 0) is 4.74 Å². The third kappa shape index (κ3) is 3.27. The van der Waals surface area contributed by atoms with E-state index in [-0.39, 0.29) is 4.46 Å². The first-order valence-corrected chi connectivity index (χ1v) is 6.95. The van der Waals surface area contributed by atoms with E-state index in [0.717, 1.165) is 0 Å². The molecule has 1 unspecified atom stereocenters. The Morgan fingerprint density at radius 2 is 1.45 bits per heavy atom. The van der Waals surface area contributed by atoms with Gasteiger partial charge in [-0.1, -0.05) is 0 Å². The van der Waals surface area contributed by atoms with Gasteiger partial charge in [-0.2, -0.15) is 0 Å². The average molecular weight is 369 g/mol. The Kier molecular flexibility index (Phi) is 5.10. The maximum absolute atomic E-state index is 13.5. The van der Waals surface area contributed by atoms with Crippen molar-refractivity contribution in [2.75, 3.05) is 7.11 Å². The van der Waals surface area contributed by atoms with Gasteiger partial charge in [-0.15, -0.1) is 0 Å². The van der Waals surface area contributed by atoms with Gasteiger partial charge >= 0.3 is 115 Å². The fourth-order valence-electron chi connectivity index (χ4n) is 1.23. The molecule has 0 amide bonds. The van der Waals surface area contributed by atoms with Crippen LogP contribution in [-0.4, -0.2) is 45.1 Å². The molecule has 1 aromatic rings. The fraction of sp³-hybridized carbons (Fsp3) is 0.455. The van der Waals surface area contributed by atoms with E-state index in [1.54, 1.807) is 6.07 Å². The van der Waals surface area contributed by atoms with Gasteiger partial charge in [0.05, 0.1) is 0 Å². The van der Waals surface area contributed by atoms with Crippen LogP contribution in [0.2, 0.25) is 0 Å². The van der Waals surface area contributed by atoms with Crippen LogP contribution in [0.1, 0.15) is 0 Å². The van der Waals surface area contributed by atoms with Gasteiger partial charge in [-0.05, 0) is 0 Å². The summed E-state index contributed by atoms with van der Waals surface area (Å²) in [7, 11) is 0.676. The number of alkyl halides is 7. The van der Waals surface area contributed by atoms with Gasteiger partial charge in [0.25, 0.3) is 0 Å². The molecule has 0 fully saturated rings. The van der Waals surface area contributed by atoms with Crippen molar-refractivity contribution >= 4 is 19.4 Å². The van der Waals surface area contributed by atoms with Crippen molar-refractivity contribution in [2.45, 2.75) is 23.0 Å². The summed E-state index contributed by atoms with van der Waals surface area (Å²) >= 11 is -1.41. The van der Waals surface area contributed by atoms with E-state index >= 15 is 0 Å². The molecule has 0 saturated carbocycles. The Morgan fingerprint density at radius 3 is 1.85 bits per heavy atom. The second-order valence-corrected chi connectivity index (χ2v) is 6.08. The molecular formula is C11H9F7OSe. The Bertz CT molecular complexity index is 432. The molecule has 1 rings (SSSR count). The van der Waals surface area contributed by atoms with Crippen molar-refractivity contribution in [3.63, 3.8) is 0 Å². The molecule has 0 saturated heterocycles. The number of rotatable bonds is 5.